The molecule has 0 spiro atoms. The molecule has 1 saturated carbocycles. The van der Waals surface area contributed by atoms with Crippen LogP contribution in [0, 0.1) is 11.8 Å². The van der Waals surface area contributed by atoms with Crippen LogP contribution in [0.5, 0.6) is 0 Å². The first-order valence-electron chi connectivity index (χ1n) is 7.06. The van der Waals surface area contributed by atoms with Crippen molar-refractivity contribution in [2.24, 2.45) is 11.8 Å². The van der Waals surface area contributed by atoms with Gasteiger partial charge in [-0.25, -0.2) is 0 Å². The van der Waals surface area contributed by atoms with Crippen LogP contribution in [0.25, 0.3) is 0 Å². The van der Waals surface area contributed by atoms with Gasteiger partial charge in [-0.15, -0.1) is 0 Å². The maximum absolute atomic E-state index is 12.3. The summed E-state index contributed by atoms with van der Waals surface area (Å²) in [6.07, 6.45) is -0.0871. The Morgan fingerprint density at radius 2 is 1.95 bits per heavy atom. The van der Waals surface area contributed by atoms with E-state index in [9.17, 15) is 18.0 Å². The highest BCUT2D eigenvalue weighted by atomic mass is 19.4. The third kappa shape index (κ3) is 5.66. The highest BCUT2D eigenvalue weighted by molar-refractivity contribution is 5.69. The van der Waals surface area contributed by atoms with E-state index in [1.165, 1.54) is 12.8 Å². The van der Waals surface area contributed by atoms with Crippen molar-refractivity contribution in [3.05, 3.63) is 0 Å². The zero-order chi connectivity index (χ0) is 14.8. The molecular weight excluding hydrogens is 273 g/mol. The molecule has 0 amide bonds. The Balaban J connectivity index is 1.86. The van der Waals surface area contributed by atoms with Crippen molar-refractivity contribution < 1.29 is 23.1 Å². The number of carbonyl (C=O) groups is 1. The van der Waals surface area contributed by atoms with Crippen molar-refractivity contribution in [2.45, 2.75) is 37.9 Å². The second-order valence-electron chi connectivity index (χ2n) is 6.06. The molecule has 1 heterocycles. The molecule has 0 aromatic rings. The number of piperidine rings is 1. The van der Waals surface area contributed by atoms with E-state index < -0.39 is 18.7 Å². The molecule has 4 nitrogen and oxygen atoms in total. The third-order valence-corrected chi connectivity index (χ3v) is 3.93. The normalized spacial score (nSPS) is 28.6. The minimum Gasteiger partial charge on any atom is -0.480 e. The highest BCUT2D eigenvalue weighted by Crippen LogP contribution is 2.37. The van der Waals surface area contributed by atoms with E-state index in [0.717, 1.165) is 6.42 Å². The molecule has 1 aliphatic heterocycles. The molecule has 1 saturated heterocycles. The van der Waals surface area contributed by atoms with Gasteiger partial charge in [0.1, 0.15) is 0 Å². The fourth-order valence-corrected chi connectivity index (χ4v) is 3.03. The number of likely N-dealkylation sites (tertiary alicyclic amines) is 1. The van der Waals surface area contributed by atoms with Gasteiger partial charge in [-0.2, -0.15) is 13.2 Å². The summed E-state index contributed by atoms with van der Waals surface area (Å²) in [5.41, 5.74) is 0. The number of rotatable bonds is 6. The lowest BCUT2D eigenvalue weighted by Gasteiger charge is -2.37. The topological polar surface area (TPSA) is 52.6 Å². The monoisotopic (exact) mass is 294 g/mol. The maximum Gasteiger partial charge on any atom is 0.401 e. The number of nitrogens with zero attached hydrogens (tertiary/aromatic N) is 1. The minimum atomic E-state index is -4.22. The van der Waals surface area contributed by atoms with Gasteiger partial charge in [-0.05, 0) is 24.7 Å². The van der Waals surface area contributed by atoms with Gasteiger partial charge in [0.15, 0.2) is 0 Å². The largest absolute Gasteiger partial charge is 0.480 e. The standard InChI is InChI=1S/C13H21F3N2O2/c14-13(15,16)8-17-11-4-10(3-9-1-2-9)5-18(6-11)7-12(19)20/h9-11,17H,1-8H2,(H,19,20). The van der Waals surface area contributed by atoms with Gasteiger partial charge >= 0.3 is 12.1 Å². The average Bonchev–Trinajstić information content (AvgIpc) is 3.08. The lowest BCUT2D eigenvalue weighted by molar-refractivity contribution is -0.139. The molecule has 0 aromatic carbocycles. The van der Waals surface area contributed by atoms with Crippen LogP contribution in [0.15, 0.2) is 0 Å². The van der Waals surface area contributed by atoms with E-state index in [2.05, 4.69) is 5.32 Å². The van der Waals surface area contributed by atoms with Crippen LogP contribution in [0.2, 0.25) is 0 Å². The quantitative estimate of drug-likeness (QED) is 0.783. The Morgan fingerprint density at radius 1 is 1.25 bits per heavy atom. The van der Waals surface area contributed by atoms with Crippen LogP contribution >= 0.6 is 0 Å². The molecule has 116 valence electrons. The molecule has 0 bridgehead atoms. The van der Waals surface area contributed by atoms with Gasteiger partial charge in [0.2, 0.25) is 0 Å². The number of aliphatic carboxylic acids is 1. The Bertz CT molecular complexity index is 345. The summed E-state index contributed by atoms with van der Waals surface area (Å²) in [5, 5.41) is 11.4. The Kier molecular flexibility index (Phi) is 4.90. The Labute approximate surface area is 116 Å². The summed E-state index contributed by atoms with van der Waals surface area (Å²) in [4.78, 5) is 12.5. The lowest BCUT2D eigenvalue weighted by atomic mass is 9.89. The van der Waals surface area contributed by atoms with Crippen molar-refractivity contribution in [3.8, 4) is 0 Å². The summed E-state index contributed by atoms with van der Waals surface area (Å²) in [6.45, 7) is -0.0311. The van der Waals surface area contributed by atoms with Crippen molar-refractivity contribution in [1.29, 1.82) is 0 Å². The van der Waals surface area contributed by atoms with E-state index in [4.69, 9.17) is 5.11 Å². The van der Waals surface area contributed by atoms with Crippen molar-refractivity contribution >= 4 is 5.97 Å². The van der Waals surface area contributed by atoms with Gasteiger partial charge in [-0.1, -0.05) is 12.8 Å². The van der Waals surface area contributed by atoms with Crippen LogP contribution < -0.4 is 5.32 Å². The number of hydrogen-bond donors (Lipinski definition) is 2. The highest BCUT2D eigenvalue weighted by Gasteiger charge is 2.34. The predicted octanol–water partition coefficient (Wildman–Crippen LogP) is 1.71. The molecule has 2 fully saturated rings. The first-order valence-corrected chi connectivity index (χ1v) is 7.06. The first kappa shape index (κ1) is 15.6. The van der Waals surface area contributed by atoms with E-state index >= 15 is 0 Å². The van der Waals surface area contributed by atoms with Crippen LogP contribution in [0.4, 0.5) is 13.2 Å². The van der Waals surface area contributed by atoms with E-state index in [1.807, 2.05) is 0 Å². The summed E-state index contributed by atoms with van der Waals surface area (Å²) in [6, 6.07) is -0.270. The number of halogens is 3. The number of carboxylic acid groups (broad SMARTS) is 1. The molecular formula is C13H21F3N2O2. The van der Waals surface area contributed by atoms with E-state index in [-0.39, 0.29) is 12.6 Å². The maximum atomic E-state index is 12.3. The number of alkyl halides is 3. The number of hydrogen-bond acceptors (Lipinski definition) is 3. The number of carboxylic acids is 1. The minimum absolute atomic E-state index is 0.0919. The predicted molar refractivity (Wildman–Crippen MR) is 67.4 cm³/mol. The zero-order valence-corrected chi connectivity index (χ0v) is 11.3. The van der Waals surface area contributed by atoms with Crippen molar-refractivity contribution in [3.63, 3.8) is 0 Å². The van der Waals surface area contributed by atoms with E-state index in [1.54, 1.807) is 4.90 Å². The molecule has 2 rings (SSSR count). The molecule has 1 aliphatic carbocycles. The smallest absolute Gasteiger partial charge is 0.401 e. The molecule has 2 atom stereocenters. The van der Waals surface area contributed by atoms with Crippen molar-refractivity contribution in [1.82, 2.24) is 10.2 Å². The first-order chi connectivity index (χ1) is 9.32. The van der Waals surface area contributed by atoms with Gasteiger partial charge in [0, 0.05) is 19.1 Å². The molecule has 20 heavy (non-hydrogen) atoms. The molecule has 2 unspecified atom stereocenters. The second-order valence-corrected chi connectivity index (χ2v) is 6.06. The molecule has 0 aromatic heterocycles. The lowest BCUT2D eigenvalue weighted by Crippen LogP contribution is -2.52. The second kappa shape index (κ2) is 6.30. The summed E-state index contributed by atoms with van der Waals surface area (Å²) in [7, 11) is 0. The number of nitrogens with one attached hydrogen (secondary N) is 1. The molecule has 7 heteroatoms. The summed E-state index contributed by atoms with van der Waals surface area (Å²) in [5.74, 6) is 0.0843. The van der Waals surface area contributed by atoms with Gasteiger partial charge in [0.25, 0.3) is 0 Å². The summed E-state index contributed by atoms with van der Waals surface area (Å²) < 4.78 is 36.8. The zero-order valence-electron chi connectivity index (χ0n) is 11.3. The van der Waals surface area contributed by atoms with Crippen LogP contribution in [0.3, 0.4) is 0 Å². The Hall–Kier alpha value is -0.820. The van der Waals surface area contributed by atoms with Crippen molar-refractivity contribution in [2.75, 3.05) is 26.2 Å². The van der Waals surface area contributed by atoms with Gasteiger partial charge in [0.05, 0.1) is 13.1 Å². The fraction of sp³-hybridized carbons (Fsp3) is 0.923. The van der Waals surface area contributed by atoms with Gasteiger partial charge < -0.3 is 10.4 Å². The molecule has 2 N–H and O–H groups in total. The molecule has 2 aliphatic rings. The molecule has 0 radical (unpaired) electrons. The Morgan fingerprint density at radius 3 is 2.50 bits per heavy atom. The fourth-order valence-electron chi connectivity index (χ4n) is 3.03. The average molecular weight is 294 g/mol. The van der Waals surface area contributed by atoms with Crippen LogP contribution in [0.1, 0.15) is 25.7 Å². The van der Waals surface area contributed by atoms with Crippen LogP contribution in [-0.4, -0.2) is 54.4 Å². The van der Waals surface area contributed by atoms with Crippen LogP contribution in [-0.2, 0) is 4.79 Å². The van der Waals surface area contributed by atoms with E-state index in [0.29, 0.717) is 31.3 Å². The SMILES string of the molecule is O=C(O)CN1CC(CC2CC2)CC(NCC(F)(F)F)C1. The van der Waals surface area contributed by atoms with Gasteiger partial charge in [-0.3, -0.25) is 9.69 Å². The third-order valence-electron chi connectivity index (χ3n) is 3.93. The summed E-state index contributed by atoms with van der Waals surface area (Å²) >= 11 is 0.